The molecule has 0 amide bonds. The van der Waals surface area contributed by atoms with E-state index < -0.39 is 0 Å². The van der Waals surface area contributed by atoms with Gasteiger partial charge in [0.1, 0.15) is 0 Å². The van der Waals surface area contributed by atoms with Crippen LogP contribution in [0, 0.1) is 12.1 Å². The minimum Gasteiger partial charge on any atom is -0.594 e. The van der Waals surface area contributed by atoms with Crippen LogP contribution >= 0.6 is 0 Å². The van der Waals surface area contributed by atoms with Crippen molar-refractivity contribution < 1.29 is 14.3 Å². The average molecular weight is 198 g/mol. The summed E-state index contributed by atoms with van der Waals surface area (Å²) >= 11 is 0. The van der Waals surface area contributed by atoms with E-state index in [9.17, 15) is 5.21 Å². The molecule has 5 heteroatoms. The number of ether oxygens (including phenoxy) is 2. The predicted molar refractivity (Wildman–Crippen MR) is 50.3 cm³/mol. The highest BCUT2D eigenvalue weighted by atomic mass is 16.5. The molecule has 0 atom stereocenters. The molecule has 1 rings (SSSR count). The van der Waals surface area contributed by atoms with Crippen LogP contribution in [0.2, 0.25) is 0 Å². The van der Waals surface area contributed by atoms with Crippen molar-refractivity contribution in [3.63, 3.8) is 0 Å². The Kier molecular flexibility index (Phi) is 3.50. The molecule has 0 N–H and O–H groups in total. The summed E-state index contributed by atoms with van der Waals surface area (Å²) in [7, 11) is 0. The van der Waals surface area contributed by atoms with Gasteiger partial charge in [0.15, 0.2) is 5.75 Å². The lowest BCUT2D eigenvalue weighted by atomic mass is 10.4. The zero-order chi connectivity index (χ0) is 10.6. The van der Waals surface area contributed by atoms with Gasteiger partial charge in [0.25, 0.3) is 0 Å². The van der Waals surface area contributed by atoms with E-state index >= 15 is 0 Å². The Hall–Kier alpha value is -1.52. The first kappa shape index (κ1) is 10.6. The summed E-state index contributed by atoms with van der Waals surface area (Å²) in [5, 5.41) is 14.8. The van der Waals surface area contributed by atoms with E-state index in [-0.39, 0.29) is 5.88 Å². The van der Waals surface area contributed by atoms with Crippen LogP contribution in [0.15, 0.2) is 6.07 Å². The number of hydrogen-bond donors (Lipinski definition) is 0. The molecule has 0 aliphatic rings. The largest absolute Gasteiger partial charge is 0.594 e. The molecule has 78 valence electrons. The zero-order valence-electron chi connectivity index (χ0n) is 8.61. The number of nitrogens with zero attached hydrogens (tertiary/aromatic N) is 2. The molecule has 0 aromatic carbocycles. The molecule has 0 fully saturated rings. The topological polar surface area (TPSA) is 58.3 Å². The van der Waals surface area contributed by atoms with E-state index in [4.69, 9.17) is 9.47 Å². The van der Waals surface area contributed by atoms with E-state index in [0.717, 1.165) is 0 Å². The van der Waals surface area contributed by atoms with Gasteiger partial charge in [0, 0.05) is 6.92 Å². The first-order chi connectivity index (χ1) is 6.69. The highest BCUT2D eigenvalue weighted by Gasteiger charge is 2.14. The maximum atomic E-state index is 11.1. The maximum Gasteiger partial charge on any atom is 0.323 e. The van der Waals surface area contributed by atoms with E-state index in [1.807, 2.05) is 13.8 Å². The third-order valence-corrected chi connectivity index (χ3v) is 1.62. The second kappa shape index (κ2) is 4.64. The molecular formula is C9H14N2O3. The van der Waals surface area contributed by atoms with Crippen LogP contribution in [-0.2, 0) is 0 Å². The standard InChI is InChI=1S/C9H14N2O3/c1-4-13-8-6-7(3)11(12)10-9(8)14-5-2/h6H,4-5H2,1-3H3. The van der Waals surface area contributed by atoms with Crippen LogP contribution in [0.3, 0.4) is 0 Å². The van der Waals surface area contributed by atoms with Gasteiger partial charge in [-0.1, -0.05) is 4.85 Å². The van der Waals surface area contributed by atoms with Gasteiger partial charge in [0.2, 0.25) is 5.69 Å². The third-order valence-electron chi connectivity index (χ3n) is 1.62. The Morgan fingerprint density at radius 3 is 2.57 bits per heavy atom. The van der Waals surface area contributed by atoms with Gasteiger partial charge in [-0.2, -0.15) is 0 Å². The van der Waals surface area contributed by atoms with E-state index in [1.165, 1.54) is 0 Å². The first-order valence-electron chi connectivity index (χ1n) is 4.56. The molecular weight excluding hydrogens is 184 g/mol. The average Bonchev–Trinajstić information content (AvgIpc) is 2.14. The fourth-order valence-electron chi connectivity index (χ4n) is 1.01. The van der Waals surface area contributed by atoms with Crippen LogP contribution in [0.5, 0.6) is 11.6 Å². The fraction of sp³-hybridized carbons (Fsp3) is 0.556. The van der Waals surface area contributed by atoms with Crippen molar-refractivity contribution in [2.75, 3.05) is 13.2 Å². The SMILES string of the molecule is CCOc1cc(C)[n+]([O-])nc1OCC. The van der Waals surface area contributed by atoms with Gasteiger partial charge in [0.05, 0.1) is 24.4 Å². The maximum absolute atomic E-state index is 11.1. The van der Waals surface area contributed by atoms with Crippen molar-refractivity contribution in [1.82, 2.24) is 5.10 Å². The van der Waals surface area contributed by atoms with Gasteiger partial charge in [-0.25, -0.2) is 0 Å². The lowest BCUT2D eigenvalue weighted by molar-refractivity contribution is -0.676. The molecule has 14 heavy (non-hydrogen) atoms. The predicted octanol–water partition coefficient (Wildman–Crippen LogP) is 0.821. The molecule has 5 nitrogen and oxygen atoms in total. The number of aromatic nitrogens is 2. The molecule has 0 aliphatic heterocycles. The normalized spacial score (nSPS) is 9.93. The summed E-state index contributed by atoms with van der Waals surface area (Å²) in [4.78, 5) is 0.521. The summed E-state index contributed by atoms with van der Waals surface area (Å²) in [6.45, 7) is 6.33. The molecule has 1 aromatic heterocycles. The van der Waals surface area contributed by atoms with Gasteiger partial charge in [-0.15, -0.1) is 0 Å². The monoisotopic (exact) mass is 198 g/mol. The zero-order valence-corrected chi connectivity index (χ0v) is 8.61. The molecule has 0 saturated carbocycles. The molecule has 0 unspecified atom stereocenters. The third kappa shape index (κ3) is 2.25. The minimum absolute atomic E-state index is 0.245. The van der Waals surface area contributed by atoms with Crippen molar-refractivity contribution in [3.05, 3.63) is 17.0 Å². The highest BCUT2D eigenvalue weighted by Crippen LogP contribution is 2.22. The number of hydrogen-bond acceptors (Lipinski definition) is 4. The molecule has 0 radical (unpaired) electrons. The number of rotatable bonds is 4. The molecule has 0 aliphatic carbocycles. The van der Waals surface area contributed by atoms with Crippen molar-refractivity contribution in [2.45, 2.75) is 20.8 Å². The summed E-state index contributed by atoms with van der Waals surface area (Å²) in [6.07, 6.45) is 0. The fourth-order valence-corrected chi connectivity index (χ4v) is 1.01. The lowest BCUT2D eigenvalue weighted by Gasteiger charge is -2.08. The summed E-state index contributed by atoms with van der Waals surface area (Å²) in [6, 6.07) is 1.62. The molecule has 0 saturated heterocycles. The molecule has 0 spiro atoms. The lowest BCUT2D eigenvalue weighted by Crippen LogP contribution is -2.35. The second-order valence-corrected chi connectivity index (χ2v) is 2.69. The van der Waals surface area contributed by atoms with E-state index in [2.05, 4.69) is 5.10 Å². The van der Waals surface area contributed by atoms with Gasteiger partial charge in [-0.3, -0.25) is 0 Å². The van der Waals surface area contributed by atoms with Crippen molar-refractivity contribution in [3.8, 4) is 11.6 Å². The summed E-state index contributed by atoms with van der Waals surface area (Å²) < 4.78 is 10.5. The van der Waals surface area contributed by atoms with Crippen molar-refractivity contribution in [1.29, 1.82) is 0 Å². The van der Waals surface area contributed by atoms with Crippen LogP contribution < -0.4 is 14.3 Å². The highest BCUT2D eigenvalue weighted by molar-refractivity contribution is 5.31. The summed E-state index contributed by atoms with van der Waals surface area (Å²) in [5.41, 5.74) is 0.483. The van der Waals surface area contributed by atoms with Crippen LogP contribution in [0.4, 0.5) is 0 Å². The van der Waals surface area contributed by atoms with Crippen LogP contribution in [0.25, 0.3) is 0 Å². The second-order valence-electron chi connectivity index (χ2n) is 2.69. The minimum atomic E-state index is 0.245. The summed E-state index contributed by atoms with van der Waals surface area (Å²) in [5.74, 6) is 0.758. The Balaban J connectivity index is 3.03. The molecule has 1 aromatic rings. The quantitative estimate of drug-likeness (QED) is 0.531. The van der Waals surface area contributed by atoms with Crippen LogP contribution in [-0.4, -0.2) is 18.3 Å². The van der Waals surface area contributed by atoms with Gasteiger partial charge < -0.3 is 14.7 Å². The van der Waals surface area contributed by atoms with Crippen LogP contribution in [0.1, 0.15) is 19.5 Å². The Morgan fingerprint density at radius 1 is 1.36 bits per heavy atom. The van der Waals surface area contributed by atoms with Crippen molar-refractivity contribution in [2.24, 2.45) is 0 Å². The Morgan fingerprint density at radius 2 is 2.00 bits per heavy atom. The molecule has 1 heterocycles. The van der Waals surface area contributed by atoms with E-state index in [0.29, 0.717) is 29.5 Å². The number of aryl methyl sites for hydroxylation is 1. The molecule has 0 bridgehead atoms. The van der Waals surface area contributed by atoms with Crippen molar-refractivity contribution >= 4 is 0 Å². The Labute approximate surface area is 82.8 Å². The Bertz CT molecular complexity index is 284. The van der Waals surface area contributed by atoms with Gasteiger partial charge >= 0.3 is 5.88 Å². The van der Waals surface area contributed by atoms with E-state index in [1.54, 1.807) is 13.0 Å². The smallest absolute Gasteiger partial charge is 0.323 e. The first-order valence-corrected chi connectivity index (χ1v) is 4.56. The van der Waals surface area contributed by atoms with Gasteiger partial charge in [-0.05, 0) is 13.8 Å².